The SMILES string of the molecule is C=C(C)C(=O)OCC[N+](C)(C)CCC(C)S(=O)(=O)O.[OH-]. The average molecular weight is 311 g/mol. The Bertz CT molecular complexity index is 429. The van der Waals surface area contributed by atoms with Crippen LogP contribution in [-0.2, 0) is 19.6 Å². The van der Waals surface area contributed by atoms with Crippen LogP contribution < -0.4 is 0 Å². The Kier molecular flexibility index (Phi) is 8.91. The van der Waals surface area contributed by atoms with E-state index in [-0.39, 0.29) is 12.1 Å². The molecule has 2 N–H and O–H groups in total. The smallest absolute Gasteiger partial charge is 0.333 e. The third kappa shape index (κ3) is 9.03. The highest BCUT2D eigenvalue weighted by Crippen LogP contribution is 2.08. The molecule has 0 aromatic heterocycles. The first kappa shape index (κ1) is 21.3. The average Bonchev–Trinajstić information content (AvgIpc) is 2.24. The van der Waals surface area contributed by atoms with Gasteiger partial charge >= 0.3 is 5.97 Å². The van der Waals surface area contributed by atoms with E-state index in [4.69, 9.17) is 9.29 Å². The minimum absolute atomic E-state index is 0. The maximum absolute atomic E-state index is 11.2. The largest absolute Gasteiger partial charge is 0.870 e. The molecule has 0 aliphatic heterocycles. The monoisotopic (exact) mass is 311 g/mol. The standard InChI is InChI=1S/C12H23NO5S.H2O/c1-10(2)12(14)18-9-8-13(4,5)7-6-11(3)19(15,16)17;/h11H,1,6-9H2,2-5H3;1H2. The number of likely N-dealkylation sites (N-methyl/N-ethyl adjacent to an activating group) is 1. The van der Waals surface area contributed by atoms with Crippen LogP contribution in [0.25, 0.3) is 0 Å². The van der Waals surface area contributed by atoms with Gasteiger partial charge < -0.3 is 14.7 Å². The first-order valence-corrected chi connectivity index (χ1v) is 7.57. The zero-order valence-electron chi connectivity index (χ0n) is 12.5. The predicted octanol–water partition coefficient (Wildman–Crippen LogP) is 0.672. The van der Waals surface area contributed by atoms with Crippen molar-refractivity contribution in [2.45, 2.75) is 25.5 Å². The van der Waals surface area contributed by atoms with Gasteiger partial charge in [-0.1, -0.05) is 6.58 Å². The molecule has 0 aromatic rings. The topological polar surface area (TPSA) is 111 Å². The first-order chi connectivity index (χ1) is 8.46. The molecule has 0 radical (unpaired) electrons. The Morgan fingerprint density at radius 3 is 2.25 bits per heavy atom. The Hall–Kier alpha value is -0.960. The van der Waals surface area contributed by atoms with Crippen molar-refractivity contribution in [3.8, 4) is 0 Å². The van der Waals surface area contributed by atoms with Crippen LogP contribution in [0.2, 0.25) is 0 Å². The lowest BCUT2D eigenvalue weighted by Gasteiger charge is -2.30. The van der Waals surface area contributed by atoms with E-state index in [1.54, 1.807) is 6.92 Å². The molecular formula is C12H25NO6S. The zero-order valence-corrected chi connectivity index (χ0v) is 13.3. The number of hydrogen-bond donors (Lipinski definition) is 1. The van der Waals surface area contributed by atoms with Gasteiger partial charge in [0, 0.05) is 12.0 Å². The fourth-order valence-corrected chi connectivity index (χ4v) is 1.70. The van der Waals surface area contributed by atoms with E-state index in [2.05, 4.69) is 6.58 Å². The Morgan fingerprint density at radius 2 is 1.85 bits per heavy atom. The van der Waals surface area contributed by atoms with Gasteiger partial charge in [0.1, 0.15) is 13.2 Å². The quantitative estimate of drug-likeness (QED) is 0.305. The summed E-state index contributed by atoms with van der Waals surface area (Å²) >= 11 is 0. The number of nitrogens with zero attached hydrogens (tertiary/aromatic N) is 1. The molecule has 8 heteroatoms. The van der Waals surface area contributed by atoms with Crippen LogP contribution in [0.5, 0.6) is 0 Å². The Morgan fingerprint density at radius 1 is 1.35 bits per heavy atom. The summed E-state index contributed by atoms with van der Waals surface area (Å²) in [7, 11) is -0.161. The van der Waals surface area contributed by atoms with Crippen molar-refractivity contribution in [3.63, 3.8) is 0 Å². The molecule has 0 bridgehead atoms. The van der Waals surface area contributed by atoms with Gasteiger partial charge in [-0.3, -0.25) is 4.55 Å². The second-order valence-electron chi connectivity index (χ2n) is 5.41. The van der Waals surface area contributed by atoms with Crippen LogP contribution in [0.3, 0.4) is 0 Å². The minimum atomic E-state index is -3.98. The number of rotatable bonds is 8. The number of hydrogen-bond acceptors (Lipinski definition) is 5. The maximum Gasteiger partial charge on any atom is 0.333 e. The lowest BCUT2D eigenvalue weighted by Crippen LogP contribution is -2.44. The van der Waals surface area contributed by atoms with Gasteiger partial charge in [-0.25, -0.2) is 4.79 Å². The van der Waals surface area contributed by atoms with Crippen molar-refractivity contribution in [1.29, 1.82) is 0 Å². The highest BCUT2D eigenvalue weighted by atomic mass is 32.2. The van der Waals surface area contributed by atoms with Crippen molar-refractivity contribution in [3.05, 3.63) is 12.2 Å². The maximum atomic E-state index is 11.2. The normalized spacial score (nSPS) is 13.2. The van der Waals surface area contributed by atoms with E-state index in [9.17, 15) is 13.2 Å². The lowest BCUT2D eigenvalue weighted by molar-refractivity contribution is -0.890. The second kappa shape index (κ2) is 8.35. The van der Waals surface area contributed by atoms with Gasteiger partial charge in [-0.05, 0) is 13.8 Å². The molecule has 0 amide bonds. The van der Waals surface area contributed by atoms with Gasteiger partial charge in [-0.15, -0.1) is 0 Å². The van der Waals surface area contributed by atoms with Crippen molar-refractivity contribution < 1.29 is 32.5 Å². The molecule has 0 fully saturated rings. The fraction of sp³-hybridized carbons (Fsp3) is 0.750. The van der Waals surface area contributed by atoms with Gasteiger partial charge in [0.05, 0.1) is 25.9 Å². The van der Waals surface area contributed by atoms with Crippen molar-refractivity contribution in [2.75, 3.05) is 33.8 Å². The molecule has 1 atom stereocenters. The number of quaternary nitrogens is 1. The van der Waals surface area contributed by atoms with E-state index in [0.29, 0.717) is 29.6 Å². The Labute approximate surface area is 120 Å². The zero-order chi connectivity index (χ0) is 15.3. The summed E-state index contributed by atoms with van der Waals surface area (Å²) in [6.45, 7) is 7.91. The van der Waals surface area contributed by atoms with Crippen LogP contribution in [-0.4, -0.2) is 67.9 Å². The molecule has 0 rings (SSSR count). The lowest BCUT2D eigenvalue weighted by atomic mass is 10.3. The molecule has 0 aliphatic carbocycles. The summed E-state index contributed by atoms with van der Waals surface area (Å²) in [5, 5.41) is -0.789. The van der Waals surface area contributed by atoms with Crippen molar-refractivity contribution in [1.82, 2.24) is 0 Å². The van der Waals surface area contributed by atoms with Gasteiger partial charge in [0.2, 0.25) is 0 Å². The van der Waals surface area contributed by atoms with E-state index >= 15 is 0 Å². The fourth-order valence-electron chi connectivity index (χ4n) is 1.30. The molecule has 0 saturated heterocycles. The number of esters is 1. The molecule has 0 aliphatic rings. The van der Waals surface area contributed by atoms with Gasteiger partial charge in [-0.2, -0.15) is 8.42 Å². The van der Waals surface area contributed by atoms with E-state index in [1.165, 1.54) is 6.92 Å². The molecule has 7 nitrogen and oxygen atoms in total. The molecule has 20 heavy (non-hydrogen) atoms. The summed E-state index contributed by atoms with van der Waals surface area (Å²) < 4.78 is 36.2. The molecule has 0 spiro atoms. The molecule has 0 saturated carbocycles. The first-order valence-electron chi connectivity index (χ1n) is 6.06. The molecular weight excluding hydrogens is 286 g/mol. The number of carbonyl (C=O) groups excluding carboxylic acids is 1. The van der Waals surface area contributed by atoms with Crippen LogP contribution in [0.1, 0.15) is 20.3 Å². The molecule has 0 aromatic carbocycles. The van der Waals surface area contributed by atoms with Crippen LogP contribution >= 0.6 is 0 Å². The third-order valence-corrected chi connectivity index (χ3v) is 4.18. The van der Waals surface area contributed by atoms with Crippen molar-refractivity contribution >= 4 is 16.1 Å². The van der Waals surface area contributed by atoms with Crippen molar-refractivity contribution in [2.24, 2.45) is 0 Å². The van der Waals surface area contributed by atoms with Crippen LogP contribution in [0, 0.1) is 0 Å². The Balaban J connectivity index is 0. The predicted molar refractivity (Wildman–Crippen MR) is 75.2 cm³/mol. The third-order valence-electron chi connectivity index (χ3n) is 2.93. The molecule has 0 heterocycles. The van der Waals surface area contributed by atoms with Crippen LogP contribution in [0.4, 0.5) is 0 Å². The van der Waals surface area contributed by atoms with Gasteiger partial charge in [0.25, 0.3) is 10.1 Å². The minimum Gasteiger partial charge on any atom is -0.870 e. The summed E-state index contributed by atoms with van der Waals surface area (Å²) in [6, 6.07) is 0. The van der Waals surface area contributed by atoms with E-state index in [1.807, 2.05) is 14.1 Å². The van der Waals surface area contributed by atoms with Crippen LogP contribution in [0.15, 0.2) is 12.2 Å². The van der Waals surface area contributed by atoms with Gasteiger partial charge in [0.15, 0.2) is 0 Å². The van der Waals surface area contributed by atoms with E-state index in [0.717, 1.165) is 0 Å². The summed E-state index contributed by atoms with van der Waals surface area (Å²) in [4.78, 5) is 11.2. The number of carbonyl (C=O) groups is 1. The highest BCUT2D eigenvalue weighted by molar-refractivity contribution is 7.86. The van der Waals surface area contributed by atoms with E-state index < -0.39 is 21.3 Å². The highest BCUT2D eigenvalue weighted by Gasteiger charge is 2.23. The molecule has 120 valence electrons. The summed E-state index contributed by atoms with van der Waals surface area (Å²) in [6.07, 6.45) is 0.347. The second-order valence-corrected chi connectivity index (χ2v) is 7.25. The summed E-state index contributed by atoms with van der Waals surface area (Å²) in [5.41, 5.74) is 0.352. The molecule has 1 unspecified atom stereocenters. The number of ether oxygens (including phenoxy) is 1. The summed E-state index contributed by atoms with van der Waals surface area (Å²) in [5.74, 6) is -0.425.